The molecule has 9 heavy (non-hydrogen) atoms. The van der Waals surface area contributed by atoms with Crippen molar-refractivity contribution in [3.8, 4) is 0 Å². The first-order valence-electron chi connectivity index (χ1n) is 1.87. The van der Waals surface area contributed by atoms with E-state index in [0.29, 0.717) is 4.09 Å². The van der Waals surface area contributed by atoms with E-state index in [1.54, 1.807) is 0 Å². The van der Waals surface area contributed by atoms with E-state index in [1.807, 2.05) is 0 Å². The predicted molar refractivity (Wildman–Crippen MR) is 26.3 cm³/mol. The molecule has 1 heterocycles. The van der Waals surface area contributed by atoms with Crippen LogP contribution in [0, 0.1) is 0 Å². The van der Waals surface area contributed by atoms with Gasteiger partial charge in [0.1, 0.15) is 0 Å². The summed E-state index contributed by atoms with van der Waals surface area (Å²) < 4.78 is 21.0. The molecule has 7 nitrogen and oxygen atoms in total. The lowest BCUT2D eigenvalue weighted by atomic mass is 11.4. The van der Waals surface area contributed by atoms with Gasteiger partial charge in [0.15, 0.2) is 6.33 Å². The summed E-state index contributed by atoms with van der Waals surface area (Å²) in [5.74, 6) is 0. The Labute approximate surface area is 50.7 Å². The largest absolute Gasteiger partial charge is 0.320 e. The number of tetrazole rings is 1. The van der Waals surface area contributed by atoms with Crippen LogP contribution in [0.3, 0.4) is 0 Å². The van der Waals surface area contributed by atoms with Crippen molar-refractivity contribution >= 4 is 10.2 Å². The maximum Gasteiger partial charge on any atom is 0.320 e. The number of aromatic nitrogens is 4. The Kier molecular flexibility index (Phi) is 1.18. The molecular formula is CH3N5O2S. The molecule has 0 radical (unpaired) electrons. The van der Waals surface area contributed by atoms with E-state index in [9.17, 15) is 8.42 Å². The molecule has 0 unspecified atom stereocenters. The molecule has 1 rings (SSSR count). The summed E-state index contributed by atoms with van der Waals surface area (Å²) in [6.07, 6.45) is 0.898. The molecule has 0 bridgehead atoms. The summed E-state index contributed by atoms with van der Waals surface area (Å²) in [5.41, 5.74) is 0. The molecule has 0 saturated carbocycles. The number of rotatable bonds is 1. The van der Waals surface area contributed by atoms with E-state index >= 15 is 0 Å². The third-order valence-electron chi connectivity index (χ3n) is 0.591. The second-order valence-corrected chi connectivity index (χ2v) is 2.63. The van der Waals surface area contributed by atoms with Crippen LogP contribution in [-0.4, -0.2) is 28.0 Å². The first-order chi connectivity index (χ1) is 4.11. The second-order valence-electron chi connectivity index (χ2n) is 1.23. The smallest absolute Gasteiger partial charge is 0.209 e. The van der Waals surface area contributed by atoms with E-state index in [4.69, 9.17) is 0 Å². The monoisotopic (exact) mass is 149 g/mol. The Hall–Kier alpha value is -1.02. The van der Waals surface area contributed by atoms with Crippen LogP contribution < -0.4 is 5.14 Å². The molecule has 0 aliphatic carbocycles. The summed E-state index contributed by atoms with van der Waals surface area (Å²) in [6, 6.07) is 0. The first-order valence-corrected chi connectivity index (χ1v) is 3.37. The fourth-order valence-corrected chi connectivity index (χ4v) is 0.578. The molecule has 50 valence electrons. The van der Waals surface area contributed by atoms with Crippen molar-refractivity contribution in [1.82, 2.24) is 19.6 Å². The quantitative estimate of drug-likeness (QED) is 0.484. The molecule has 0 atom stereocenters. The van der Waals surface area contributed by atoms with Crippen LogP contribution in [0.25, 0.3) is 0 Å². The van der Waals surface area contributed by atoms with E-state index in [0.717, 1.165) is 6.33 Å². The Bertz CT molecular complexity index is 272. The van der Waals surface area contributed by atoms with Crippen molar-refractivity contribution in [3.63, 3.8) is 0 Å². The van der Waals surface area contributed by atoms with Crippen molar-refractivity contribution in [1.29, 1.82) is 0 Å². The summed E-state index contributed by atoms with van der Waals surface area (Å²) in [7, 11) is -3.78. The Morgan fingerprint density at radius 2 is 2.22 bits per heavy atom. The molecule has 0 spiro atoms. The molecule has 0 aliphatic heterocycles. The van der Waals surface area contributed by atoms with Gasteiger partial charge in [0.05, 0.1) is 0 Å². The van der Waals surface area contributed by atoms with E-state index < -0.39 is 10.2 Å². The lowest BCUT2D eigenvalue weighted by Crippen LogP contribution is -2.22. The van der Waals surface area contributed by atoms with Gasteiger partial charge in [-0.1, -0.05) is 0 Å². The Balaban J connectivity index is 3.20. The second kappa shape index (κ2) is 1.74. The van der Waals surface area contributed by atoms with Crippen LogP contribution in [-0.2, 0) is 10.2 Å². The summed E-state index contributed by atoms with van der Waals surface area (Å²) in [5, 5.41) is 13.7. The number of nitrogens with zero attached hydrogens (tertiary/aromatic N) is 4. The van der Waals surface area contributed by atoms with Crippen LogP contribution in [0.4, 0.5) is 0 Å². The van der Waals surface area contributed by atoms with Crippen LogP contribution in [0.5, 0.6) is 0 Å². The summed E-state index contributed by atoms with van der Waals surface area (Å²) in [6.45, 7) is 0. The lowest BCUT2D eigenvalue weighted by Gasteiger charge is -1.88. The highest BCUT2D eigenvalue weighted by atomic mass is 32.2. The molecule has 0 amide bonds. The van der Waals surface area contributed by atoms with Gasteiger partial charge < -0.3 is 0 Å². The van der Waals surface area contributed by atoms with Crippen LogP contribution >= 0.6 is 0 Å². The SMILES string of the molecule is NS(=O)(=O)n1cnnn1. The third-order valence-corrected chi connectivity index (χ3v) is 1.28. The fraction of sp³-hybridized carbons (Fsp3) is 0. The molecule has 1 aromatic heterocycles. The number of hydrogen-bond acceptors (Lipinski definition) is 5. The van der Waals surface area contributed by atoms with Crippen molar-refractivity contribution in [2.75, 3.05) is 0 Å². The summed E-state index contributed by atoms with van der Waals surface area (Å²) in [4.78, 5) is 0. The molecule has 0 saturated heterocycles. The van der Waals surface area contributed by atoms with Crippen LogP contribution in [0.2, 0.25) is 0 Å². The maximum absolute atomic E-state index is 10.3. The minimum absolute atomic E-state index is 0.465. The molecule has 0 fully saturated rings. The zero-order valence-electron chi connectivity index (χ0n) is 4.17. The molecular weight excluding hydrogens is 146 g/mol. The molecule has 2 N–H and O–H groups in total. The third kappa shape index (κ3) is 1.21. The van der Waals surface area contributed by atoms with Gasteiger partial charge in [-0.3, -0.25) is 0 Å². The molecule has 1 aromatic rings. The minimum atomic E-state index is -3.78. The van der Waals surface area contributed by atoms with Gasteiger partial charge in [0, 0.05) is 0 Å². The minimum Gasteiger partial charge on any atom is -0.209 e. The van der Waals surface area contributed by atoms with Gasteiger partial charge in [0.25, 0.3) is 0 Å². The van der Waals surface area contributed by atoms with E-state index in [2.05, 4.69) is 20.7 Å². The van der Waals surface area contributed by atoms with Crippen LogP contribution in [0.15, 0.2) is 6.33 Å². The standard InChI is InChI=1S/CH3N5O2S/c2-9(7,8)6-1-3-4-5-6/h1H,(H2,2,7,8). The zero-order chi connectivity index (χ0) is 6.91. The predicted octanol–water partition coefficient (Wildman–Crippen LogP) is -2.28. The van der Waals surface area contributed by atoms with Gasteiger partial charge in [-0.05, 0) is 10.4 Å². The number of hydrogen-bond donors (Lipinski definition) is 1. The highest BCUT2D eigenvalue weighted by Gasteiger charge is 2.04. The highest BCUT2D eigenvalue weighted by Crippen LogP contribution is 1.77. The van der Waals surface area contributed by atoms with E-state index in [-0.39, 0.29) is 0 Å². The average Bonchev–Trinajstić information content (AvgIpc) is 2.08. The average molecular weight is 149 g/mol. The van der Waals surface area contributed by atoms with Gasteiger partial charge >= 0.3 is 10.2 Å². The summed E-state index contributed by atoms with van der Waals surface area (Å²) >= 11 is 0. The topological polar surface area (TPSA) is 104 Å². The van der Waals surface area contributed by atoms with Gasteiger partial charge in [0.2, 0.25) is 0 Å². The normalized spacial score (nSPS) is 11.7. The lowest BCUT2D eigenvalue weighted by molar-refractivity contribution is 0.579. The van der Waals surface area contributed by atoms with Gasteiger partial charge in [-0.15, -0.1) is 9.19 Å². The molecule has 0 aromatic carbocycles. The number of nitrogens with two attached hydrogens (primary N) is 1. The van der Waals surface area contributed by atoms with Gasteiger partial charge in [-0.25, -0.2) is 5.14 Å². The first kappa shape index (κ1) is 6.11. The maximum atomic E-state index is 10.3. The molecule has 0 aliphatic rings. The van der Waals surface area contributed by atoms with Crippen LogP contribution in [0.1, 0.15) is 0 Å². The van der Waals surface area contributed by atoms with Crippen molar-refractivity contribution in [2.24, 2.45) is 5.14 Å². The molecule has 8 heteroatoms. The Morgan fingerprint density at radius 3 is 2.44 bits per heavy atom. The van der Waals surface area contributed by atoms with Gasteiger partial charge in [-0.2, -0.15) is 8.42 Å². The van der Waals surface area contributed by atoms with Crippen molar-refractivity contribution < 1.29 is 8.42 Å². The fourth-order valence-electron chi connectivity index (χ4n) is 0.269. The highest BCUT2D eigenvalue weighted by molar-refractivity contribution is 7.87. The van der Waals surface area contributed by atoms with Crippen molar-refractivity contribution in [3.05, 3.63) is 6.33 Å². The Morgan fingerprint density at radius 1 is 1.56 bits per heavy atom. The van der Waals surface area contributed by atoms with E-state index in [1.165, 1.54) is 0 Å². The van der Waals surface area contributed by atoms with Crippen molar-refractivity contribution in [2.45, 2.75) is 0 Å². The zero-order valence-corrected chi connectivity index (χ0v) is 4.98.